The number of ether oxygens (including phenoxy) is 1. The maximum atomic E-state index is 8.80. The van der Waals surface area contributed by atoms with Crippen LogP contribution in [-0.4, -0.2) is 11.0 Å². The Morgan fingerprint density at radius 2 is 1.85 bits per heavy atom. The summed E-state index contributed by atoms with van der Waals surface area (Å²) in [6.07, 6.45) is 4.04. The average Bonchev–Trinajstić information content (AvgIpc) is 2.53. The Morgan fingerprint density at radius 3 is 2.40 bits per heavy atom. The lowest BCUT2D eigenvalue weighted by molar-refractivity contribution is 0.171. The van der Waals surface area contributed by atoms with Crippen LogP contribution in [0.2, 0.25) is 0 Å². The summed E-state index contributed by atoms with van der Waals surface area (Å²) in [5.41, 5.74) is 7.76. The van der Waals surface area contributed by atoms with Crippen LogP contribution >= 0.6 is 0 Å². The van der Waals surface area contributed by atoms with Gasteiger partial charge in [0.1, 0.15) is 11.9 Å². The van der Waals surface area contributed by atoms with Gasteiger partial charge in [0.25, 0.3) is 0 Å². The van der Waals surface area contributed by atoms with E-state index in [9.17, 15) is 0 Å². The standard InChI is InChI=1S/C16H17N3O/c1-2-15(18)16(13-7-9-19-10-8-13)20-14-5-3-12(11-17)4-6-14/h3-10,15-16H,2,18H2,1H3. The number of hydrogen-bond donors (Lipinski definition) is 1. The van der Waals surface area contributed by atoms with E-state index >= 15 is 0 Å². The number of aromatic nitrogens is 1. The predicted molar refractivity (Wildman–Crippen MR) is 77.0 cm³/mol. The van der Waals surface area contributed by atoms with Crippen molar-refractivity contribution in [1.82, 2.24) is 4.98 Å². The summed E-state index contributed by atoms with van der Waals surface area (Å²) in [5, 5.41) is 8.80. The summed E-state index contributed by atoms with van der Waals surface area (Å²) in [6, 6.07) is 12.8. The van der Waals surface area contributed by atoms with Gasteiger partial charge in [-0.25, -0.2) is 0 Å². The molecule has 0 aliphatic heterocycles. The highest BCUT2D eigenvalue weighted by Crippen LogP contribution is 2.25. The van der Waals surface area contributed by atoms with Crippen molar-refractivity contribution in [2.24, 2.45) is 5.73 Å². The molecule has 0 saturated carbocycles. The Morgan fingerprint density at radius 1 is 1.20 bits per heavy atom. The Hall–Kier alpha value is -2.38. The van der Waals surface area contributed by atoms with Gasteiger partial charge < -0.3 is 10.5 Å². The maximum Gasteiger partial charge on any atom is 0.139 e. The van der Waals surface area contributed by atoms with Crippen molar-refractivity contribution in [3.05, 3.63) is 59.9 Å². The average molecular weight is 267 g/mol. The van der Waals surface area contributed by atoms with Gasteiger partial charge in [0.05, 0.1) is 11.6 Å². The third kappa shape index (κ3) is 3.34. The maximum absolute atomic E-state index is 8.80. The van der Waals surface area contributed by atoms with E-state index in [1.165, 1.54) is 0 Å². The second-order valence-corrected chi connectivity index (χ2v) is 4.53. The molecule has 2 N–H and O–H groups in total. The number of rotatable bonds is 5. The van der Waals surface area contributed by atoms with Gasteiger partial charge in [-0.3, -0.25) is 4.98 Å². The number of hydrogen-bond acceptors (Lipinski definition) is 4. The van der Waals surface area contributed by atoms with Gasteiger partial charge in [0.2, 0.25) is 0 Å². The lowest BCUT2D eigenvalue weighted by Crippen LogP contribution is -2.31. The van der Waals surface area contributed by atoms with E-state index in [1.807, 2.05) is 19.1 Å². The zero-order valence-corrected chi connectivity index (χ0v) is 11.4. The van der Waals surface area contributed by atoms with Gasteiger partial charge in [-0.15, -0.1) is 0 Å². The first-order chi connectivity index (χ1) is 9.74. The van der Waals surface area contributed by atoms with Gasteiger partial charge in [-0.2, -0.15) is 5.26 Å². The Balaban J connectivity index is 2.22. The first-order valence-corrected chi connectivity index (χ1v) is 6.57. The quantitative estimate of drug-likeness (QED) is 0.904. The van der Waals surface area contributed by atoms with Crippen LogP contribution < -0.4 is 10.5 Å². The topological polar surface area (TPSA) is 71.9 Å². The van der Waals surface area contributed by atoms with Crippen LogP contribution in [0.15, 0.2) is 48.8 Å². The van der Waals surface area contributed by atoms with Crippen LogP contribution in [0.3, 0.4) is 0 Å². The highest BCUT2D eigenvalue weighted by molar-refractivity contribution is 5.35. The van der Waals surface area contributed by atoms with Gasteiger partial charge in [-0.05, 0) is 48.4 Å². The number of nitriles is 1. The molecule has 0 aliphatic rings. The summed E-state index contributed by atoms with van der Waals surface area (Å²) in [4.78, 5) is 4.01. The van der Waals surface area contributed by atoms with Crippen molar-refractivity contribution in [3.8, 4) is 11.8 Å². The van der Waals surface area contributed by atoms with Gasteiger partial charge in [-0.1, -0.05) is 6.92 Å². The molecule has 102 valence electrons. The number of pyridine rings is 1. The molecule has 4 heteroatoms. The van der Waals surface area contributed by atoms with Crippen LogP contribution in [-0.2, 0) is 0 Å². The van der Waals surface area contributed by atoms with E-state index in [1.54, 1.807) is 36.7 Å². The van der Waals surface area contributed by atoms with Gasteiger partial charge in [0.15, 0.2) is 0 Å². The fourth-order valence-electron chi connectivity index (χ4n) is 1.92. The zero-order valence-electron chi connectivity index (χ0n) is 11.4. The summed E-state index contributed by atoms with van der Waals surface area (Å²) in [6.45, 7) is 2.03. The molecule has 20 heavy (non-hydrogen) atoms. The predicted octanol–water partition coefficient (Wildman–Crippen LogP) is 2.81. The van der Waals surface area contributed by atoms with Crippen LogP contribution in [0.5, 0.6) is 5.75 Å². The van der Waals surface area contributed by atoms with Crippen LogP contribution in [0, 0.1) is 11.3 Å². The second kappa shape index (κ2) is 6.69. The first kappa shape index (κ1) is 14.0. The molecular formula is C16H17N3O. The van der Waals surface area contributed by atoms with Gasteiger partial charge >= 0.3 is 0 Å². The summed E-state index contributed by atoms with van der Waals surface area (Å²) in [5.74, 6) is 0.703. The molecule has 0 saturated heterocycles. The Bertz CT molecular complexity index is 575. The lowest BCUT2D eigenvalue weighted by Gasteiger charge is -2.24. The molecule has 0 fully saturated rings. The molecule has 0 spiro atoms. The highest BCUT2D eigenvalue weighted by atomic mass is 16.5. The molecule has 0 radical (unpaired) electrons. The molecule has 2 aromatic rings. The fraction of sp³-hybridized carbons (Fsp3) is 0.250. The molecule has 1 heterocycles. The first-order valence-electron chi connectivity index (χ1n) is 6.57. The molecule has 4 nitrogen and oxygen atoms in total. The number of nitrogens with two attached hydrogens (primary N) is 1. The lowest BCUT2D eigenvalue weighted by atomic mass is 10.0. The molecule has 1 aromatic heterocycles. The third-order valence-corrected chi connectivity index (χ3v) is 3.14. The summed E-state index contributed by atoms with van der Waals surface area (Å²) >= 11 is 0. The molecule has 0 amide bonds. The molecule has 2 unspecified atom stereocenters. The normalized spacial score (nSPS) is 13.2. The minimum Gasteiger partial charge on any atom is -0.484 e. The highest BCUT2D eigenvalue weighted by Gasteiger charge is 2.20. The van der Waals surface area contributed by atoms with E-state index in [4.69, 9.17) is 15.7 Å². The largest absolute Gasteiger partial charge is 0.484 e. The van der Waals surface area contributed by atoms with E-state index < -0.39 is 0 Å². The molecule has 0 bridgehead atoms. The van der Waals surface area contributed by atoms with Crippen molar-refractivity contribution in [2.75, 3.05) is 0 Å². The number of benzene rings is 1. The zero-order chi connectivity index (χ0) is 14.4. The molecule has 0 aliphatic carbocycles. The minimum atomic E-state index is -0.226. The Kier molecular flexibility index (Phi) is 4.70. The third-order valence-electron chi connectivity index (χ3n) is 3.14. The van der Waals surface area contributed by atoms with E-state index in [2.05, 4.69) is 11.1 Å². The summed E-state index contributed by atoms with van der Waals surface area (Å²) < 4.78 is 5.99. The van der Waals surface area contributed by atoms with E-state index in [-0.39, 0.29) is 12.1 Å². The molecule has 2 atom stereocenters. The van der Waals surface area contributed by atoms with Crippen molar-refractivity contribution >= 4 is 0 Å². The SMILES string of the molecule is CCC(N)C(Oc1ccc(C#N)cc1)c1ccncc1. The Labute approximate surface area is 118 Å². The smallest absolute Gasteiger partial charge is 0.139 e. The minimum absolute atomic E-state index is 0.104. The molecule has 1 aromatic carbocycles. The van der Waals surface area contributed by atoms with Crippen molar-refractivity contribution in [3.63, 3.8) is 0 Å². The van der Waals surface area contributed by atoms with Crippen molar-refractivity contribution in [1.29, 1.82) is 5.26 Å². The van der Waals surface area contributed by atoms with Crippen LogP contribution in [0.25, 0.3) is 0 Å². The molecular weight excluding hydrogens is 250 g/mol. The monoisotopic (exact) mass is 267 g/mol. The van der Waals surface area contributed by atoms with E-state index in [0.717, 1.165) is 12.0 Å². The van der Waals surface area contributed by atoms with Crippen LogP contribution in [0.1, 0.15) is 30.6 Å². The van der Waals surface area contributed by atoms with Crippen molar-refractivity contribution < 1.29 is 4.74 Å². The van der Waals surface area contributed by atoms with Crippen molar-refractivity contribution in [2.45, 2.75) is 25.5 Å². The fourth-order valence-corrected chi connectivity index (χ4v) is 1.92. The molecule has 2 rings (SSSR count). The van der Waals surface area contributed by atoms with Crippen LogP contribution in [0.4, 0.5) is 0 Å². The number of nitrogens with zero attached hydrogens (tertiary/aromatic N) is 2. The second-order valence-electron chi connectivity index (χ2n) is 4.53. The van der Waals surface area contributed by atoms with Gasteiger partial charge in [0, 0.05) is 18.4 Å². The van der Waals surface area contributed by atoms with E-state index in [0.29, 0.717) is 11.3 Å². The summed E-state index contributed by atoms with van der Waals surface area (Å²) in [7, 11) is 0.